The molecule has 5 heteroatoms. The molecular weight excluding hydrogens is 360 g/mol. The first kappa shape index (κ1) is 18.1. The Kier molecular flexibility index (Phi) is 4.49. The molecule has 4 nitrogen and oxygen atoms in total. The number of likely N-dealkylation sites (N-methyl/N-ethyl adjacent to an activating group) is 1. The van der Waals surface area contributed by atoms with E-state index in [0.717, 1.165) is 35.3 Å². The molecule has 1 aromatic heterocycles. The van der Waals surface area contributed by atoms with Crippen molar-refractivity contribution in [3.63, 3.8) is 0 Å². The molecule has 2 heterocycles. The summed E-state index contributed by atoms with van der Waals surface area (Å²) in [6, 6.07) is 14.0. The van der Waals surface area contributed by atoms with Crippen LogP contribution in [0.15, 0.2) is 46.9 Å². The predicted octanol–water partition coefficient (Wildman–Crippen LogP) is 4.05. The minimum absolute atomic E-state index is 0.272. The van der Waals surface area contributed by atoms with Crippen LogP contribution in [0, 0.1) is 0 Å². The second-order valence-electron chi connectivity index (χ2n) is 7.77. The second-order valence-corrected chi connectivity index (χ2v) is 8.17. The molecule has 0 aliphatic carbocycles. The van der Waals surface area contributed by atoms with E-state index in [2.05, 4.69) is 25.2 Å². The lowest BCUT2D eigenvalue weighted by Gasteiger charge is -2.37. The fourth-order valence-electron chi connectivity index (χ4n) is 4.11. The van der Waals surface area contributed by atoms with Gasteiger partial charge in [-0.3, -0.25) is 4.79 Å². The van der Waals surface area contributed by atoms with Gasteiger partial charge in [0.15, 0.2) is 11.6 Å². The smallest absolute Gasteiger partial charge is 0.275 e. The molecule has 3 aromatic rings. The van der Waals surface area contributed by atoms with Crippen molar-refractivity contribution in [2.75, 3.05) is 13.6 Å². The molecule has 0 fully saturated rings. The molecule has 1 amide bonds. The third kappa shape index (κ3) is 3.13. The molecule has 2 unspecified atom stereocenters. The van der Waals surface area contributed by atoms with Crippen LogP contribution in [0.2, 0.25) is 5.02 Å². The number of carbonyl (C=O) groups excluding carboxylic acids is 1. The minimum Gasteiger partial charge on any atom is -0.459 e. The van der Waals surface area contributed by atoms with Gasteiger partial charge in [0.1, 0.15) is 12.3 Å². The van der Waals surface area contributed by atoms with Gasteiger partial charge in [-0.1, -0.05) is 48.0 Å². The number of amides is 1. The van der Waals surface area contributed by atoms with Crippen LogP contribution < -0.4 is 5.73 Å². The maximum atomic E-state index is 12.0. The van der Waals surface area contributed by atoms with Gasteiger partial charge in [0, 0.05) is 18.2 Å². The highest BCUT2D eigenvalue weighted by atomic mass is 35.5. The number of benzene rings is 2. The molecule has 0 saturated carbocycles. The van der Waals surface area contributed by atoms with Crippen LogP contribution in [0.3, 0.4) is 0 Å². The number of carbonyl (C=O) groups is 1. The zero-order chi connectivity index (χ0) is 19.2. The zero-order valence-electron chi connectivity index (χ0n) is 15.7. The Morgan fingerprint density at radius 3 is 2.70 bits per heavy atom. The van der Waals surface area contributed by atoms with Gasteiger partial charge in [-0.05, 0) is 24.1 Å². The number of nitrogens with zero attached hydrogens (tertiary/aromatic N) is 1. The normalized spacial score (nSPS) is 20.4. The fraction of sp³-hybridized carbons (Fsp3) is 0.318. The monoisotopic (exact) mass is 383 g/mol. The third-order valence-electron chi connectivity index (χ3n) is 6.03. The van der Waals surface area contributed by atoms with Gasteiger partial charge in [-0.15, -0.1) is 0 Å². The maximum absolute atomic E-state index is 12.0. The fourth-order valence-corrected chi connectivity index (χ4v) is 4.30. The summed E-state index contributed by atoms with van der Waals surface area (Å²) < 4.78 is 6.84. The Labute approximate surface area is 164 Å². The van der Waals surface area contributed by atoms with E-state index in [1.54, 1.807) is 0 Å². The Morgan fingerprint density at radius 2 is 2.00 bits per heavy atom. The van der Waals surface area contributed by atoms with Crippen LogP contribution in [-0.4, -0.2) is 30.0 Å². The SMILES string of the molecule is CC(C(N)=O)[N+]1(C)CCc2ccc(Cl)c3oc(Cc4ccccc4)c(c23)C1. The maximum Gasteiger partial charge on any atom is 0.275 e. The van der Waals surface area contributed by atoms with Crippen LogP contribution in [-0.2, 0) is 24.2 Å². The predicted molar refractivity (Wildman–Crippen MR) is 108 cm³/mol. The molecule has 27 heavy (non-hydrogen) atoms. The Bertz CT molecular complexity index is 1010. The molecule has 1 aliphatic rings. The minimum atomic E-state index is -0.274. The van der Waals surface area contributed by atoms with Crippen molar-refractivity contribution in [2.45, 2.75) is 32.4 Å². The lowest BCUT2D eigenvalue weighted by atomic mass is 10.0. The van der Waals surface area contributed by atoms with Gasteiger partial charge < -0.3 is 14.6 Å². The van der Waals surface area contributed by atoms with E-state index in [-0.39, 0.29) is 11.9 Å². The summed E-state index contributed by atoms with van der Waals surface area (Å²) in [5.74, 6) is 0.652. The molecule has 2 aromatic carbocycles. The molecule has 0 radical (unpaired) electrons. The van der Waals surface area contributed by atoms with Gasteiger partial charge in [0.2, 0.25) is 0 Å². The van der Waals surface area contributed by atoms with Crippen molar-refractivity contribution in [3.8, 4) is 0 Å². The number of hydrogen-bond acceptors (Lipinski definition) is 2. The van der Waals surface area contributed by atoms with E-state index >= 15 is 0 Å². The number of nitrogens with two attached hydrogens (primary N) is 1. The van der Waals surface area contributed by atoms with Crippen molar-refractivity contribution in [2.24, 2.45) is 5.73 Å². The number of hydrogen-bond donors (Lipinski definition) is 1. The first-order chi connectivity index (χ1) is 12.9. The molecule has 0 spiro atoms. The number of quaternary nitrogens is 1. The average molecular weight is 384 g/mol. The highest BCUT2D eigenvalue weighted by molar-refractivity contribution is 6.35. The van der Waals surface area contributed by atoms with Crippen LogP contribution >= 0.6 is 11.6 Å². The van der Waals surface area contributed by atoms with Gasteiger partial charge in [-0.2, -0.15) is 0 Å². The van der Waals surface area contributed by atoms with E-state index in [9.17, 15) is 4.79 Å². The first-order valence-electron chi connectivity index (χ1n) is 9.28. The van der Waals surface area contributed by atoms with Crippen molar-refractivity contribution in [1.29, 1.82) is 0 Å². The molecule has 0 saturated heterocycles. The number of halogens is 1. The zero-order valence-corrected chi connectivity index (χ0v) is 16.4. The Balaban J connectivity index is 1.87. The molecular formula is C22H24ClN2O2+. The Morgan fingerprint density at radius 1 is 1.26 bits per heavy atom. The summed E-state index contributed by atoms with van der Waals surface area (Å²) in [7, 11) is 2.11. The standard InChI is InChI=1S/C22H23ClN2O2/c1-14(22(24)26)25(2)11-10-16-8-9-18(23)21-20(16)17(13-25)19(27-21)12-15-6-4-3-5-7-15/h3-9,14H,10-13H2,1-2H3,(H-,24,26)/p+1. The molecule has 140 valence electrons. The summed E-state index contributed by atoms with van der Waals surface area (Å²) >= 11 is 6.46. The molecule has 2 N–H and O–H groups in total. The Hall–Kier alpha value is -2.30. The molecule has 2 atom stereocenters. The van der Waals surface area contributed by atoms with Crippen LogP contribution in [0.1, 0.15) is 29.4 Å². The average Bonchev–Trinajstić information content (AvgIpc) is 2.91. The first-order valence-corrected chi connectivity index (χ1v) is 9.66. The lowest BCUT2D eigenvalue weighted by Crippen LogP contribution is -2.56. The lowest BCUT2D eigenvalue weighted by molar-refractivity contribution is -0.935. The summed E-state index contributed by atoms with van der Waals surface area (Å²) in [5, 5.41) is 1.75. The van der Waals surface area contributed by atoms with Crippen LogP contribution in [0.5, 0.6) is 0 Å². The number of rotatable bonds is 4. The van der Waals surface area contributed by atoms with E-state index < -0.39 is 0 Å². The topological polar surface area (TPSA) is 56.2 Å². The highest BCUT2D eigenvalue weighted by Gasteiger charge is 2.38. The summed E-state index contributed by atoms with van der Waals surface area (Å²) in [4.78, 5) is 12.0. The molecule has 4 rings (SSSR count). The van der Waals surface area contributed by atoms with Gasteiger partial charge in [0.25, 0.3) is 5.91 Å². The summed E-state index contributed by atoms with van der Waals surface area (Å²) in [5.41, 5.74) is 9.99. The largest absolute Gasteiger partial charge is 0.459 e. The van der Waals surface area contributed by atoms with E-state index in [1.807, 2.05) is 31.2 Å². The summed E-state index contributed by atoms with van der Waals surface area (Å²) in [6.07, 6.45) is 1.56. The third-order valence-corrected chi connectivity index (χ3v) is 6.32. The molecule has 0 bridgehead atoms. The van der Waals surface area contributed by atoms with Gasteiger partial charge in [-0.25, -0.2) is 0 Å². The quantitative estimate of drug-likeness (QED) is 0.691. The van der Waals surface area contributed by atoms with E-state index in [4.69, 9.17) is 21.8 Å². The van der Waals surface area contributed by atoms with E-state index in [1.165, 1.54) is 11.1 Å². The second kappa shape index (κ2) is 6.70. The van der Waals surface area contributed by atoms with Crippen LogP contribution in [0.25, 0.3) is 11.0 Å². The van der Waals surface area contributed by atoms with Gasteiger partial charge >= 0.3 is 0 Å². The summed E-state index contributed by atoms with van der Waals surface area (Å²) in [6.45, 7) is 3.46. The van der Waals surface area contributed by atoms with Crippen molar-refractivity contribution < 1.29 is 13.7 Å². The number of primary amides is 1. The van der Waals surface area contributed by atoms with Crippen molar-refractivity contribution in [3.05, 3.63) is 69.9 Å². The van der Waals surface area contributed by atoms with Crippen molar-refractivity contribution >= 4 is 28.5 Å². The van der Waals surface area contributed by atoms with E-state index in [0.29, 0.717) is 22.5 Å². The van der Waals surface area contributed by atoms with Crippen molar-refractivity contribution in [1.82, 2.24) is 0 Å². The number of furan rings is 1. The van der Waals surface area contributed by atoms with Gasteiger partial charge in [0.05, 0.1) is 24.2 Å². The highest BCUT2D eigenvalue weighted by Crippen LogP contribution is 2.39. The van der Waals surface area contributed by atoms with Crippen LogP contribution in [0.4, 0.5) is 0 Å². The molecule has 1 aliphatic heterocycles.